The zero-order valence-corrected chi connectivity index (χ0v) is 16.4. The Morgan fingerprint density at radius 1 is 1.11 bits per heavy atom. The molecule has 2 aromatic carbocycles. The molecule has 0 fully saturated rings. The smallest absolute Gasteiger partial charge is 0.255 e. The van der Waals surface area contributed by atoms with Crippen LogP contribution >= 0.6 is 0 Å². The molecule has 0 atom stereocenters. The van der Waals surface area contributed by atoms with E-state index >= 15 is 0 Å². The molecule has 1 heterocycles. The third-order valence-electron chi connectivity index (χ3n) is 4.72. The second-order valence-electron chi connectivity index (χ2n) is 6.82. The normalized spacial score (nSPS) is 13.8. The maximum atomic E-state index is 12.7. The van der Waals surface area contributed by atoms with Gasteiger partial charge in [0.25, 0.3) is 5.91 Å². The molecular weight excluding hydrogens is 364 g/mol. The number of nitrogens with zero attached hydrogens (tertiary/aromatic N) is 1. The first-order chi connectivity index (χ1) is 12.7. The highest BCUT2D eigenvalue weighted by molar-refractivity contribution is 7.90. The van der Waals surface area contributed by atoms with Crippen molar-refractivity contribution < 1.29 is 18.0 Å². The van der Waals surface area contributed by atoms with Crippen LogP contribution in [-0.4, -0.2) is 33.0 Å². The fraction of sp³-hybridized carbons (Fsp3) is 0.300. The molecule has 27 heavy (non-hydrogen) atoms. The van der Waals surface area contributed by atoms with Crippen LogP contribution in [0.2, 0.25) is 0 Å². The highest BCUT2D eigenvalue weighted by Crippen LogP contribution is 2.30. The lowest BCUT2D eigenvalue weighted by molar-refractivity contribution is -0.116. The minimum absolute atomic E-state index is 0.000880. The number of hydrogen-bond donors (Lipinski definition) is 1. The fourth-order valence-electron chi connectivity index (χ4n) is 3.28. The molecule has 0 radical (unpaired) electrons. The number of benzene rings is 2. The Bertz CT molecular complexity index is 1030. The molecule has 6 nitrogen and oxygen atoms in total. The summed E-state index contributed by atoms with van der Waals surface area (Å²) in [6.07, 6.45) is 2.83. The SMILES string of the molecule is CC(=O)N1CCCc2cc(NC(=O)c3cc(S(C)(=O)=O)ccc3C)ccc21. The molecular formula is C20H22N2O4S. The number of sulfone groups is 1. The van der Waals surface area contributed by atoms with Gasteiger partial charge in [0.05, 0.1) is 4.90 Å². The van der Waals surface area contributed by atoms with Crippen molar-refractivity contribution in [1.82, 2.24) is 0 Å². The van der Waals surface area contributed by atoms with Crippen molar-refractivity contribution in [2.75, 3.05) is 23.0 Å². The number of fused-ring (bicyclic) bond motifs is 1. The van der Waals surface area contributed by atoms with Crippen molar-refractivity contribution in [1.29, 1.82) is 0 Å². The lowest BCUT2D eigenvalue weighted by Gasteiger charge is -2.29. The summed E-state index contributed by atoms with van der Waals surface area (Å²) in [7, 11) is -3.39. The van der Waals surface area contributed by atoms with Gasteiger partial charge in [0.2, 0.25) is 5.91 Å². The van der Waals surface area contributed by atoms with Crippen LogP contribution < -0.4 is 10.2 Å². The molecule has 1 aliphatic heterocycles. The first-order valence-corrected chi connectivity index (χ1v) is 10.6. The van der Waals surface area contributed by atoms with Crippen molar-refractivity contribution in [3.63, 3.8) is 0 Å². The molecule has 2 amide bonds. The van der Waals surface area contributed by atoms with Crippen molar-refractivity contribution in [2.24, 2.45) is 0 Å². The van der Waals surface area contributed by atoms with Crippen LogP contribution in [0.25, 0.3) is 0 Å². The van der Waals surface area contributed by atoms with Crippen LogP contribution in [0.3, 0.4) is 0 Å². The number of nitrogens with one attached hydrogen (secondary N) is 1. The van der Waals surface area contributed by atoms with E-state index in [1.165, 1.54) is 12.1 Å². The van der Waals surface area contributed by atoms with Gasteiger partial charge in [-0.1, -0.05) is 6.07 Å². The summed E-state index contributed by atoms with van der Waals surface area (Å²) in [4.78, 5) is 26.3. The first-order valence-electron chi connectivity index (χ1n) is 8.70. The van der Waals surface area contributed by atoms with Gasteiger partial charge in [-0.05, 0) is 61.2 Å². The van der Waals surface area contributed by atoms with E-state index in [2.05, 4.69) is 5.32 Å². The number of hydrogen-bond acceptors (Lipinski definition) is 4. The maximum Gasteiger partial charge on any atom is 0.255 e. The fourth-order valence-corrected chi connectivity index (χ4v) is 3.92. The second kappa shape index (κ2) is 7.15. The van der Waals surface area contributed by atoms with Gasteiger partial charge < -0.3 is 10.2 Å². The lowest BCUT2D eigenvalue weighted by Crippen LogP contribution is -2.33. The van der Waals surface area contributed by atoms with E-state index in [0.717, 1.165) is 30.3 Å². The average molecular weight is 386 g/mol. The Balaban J connectivity index is 1.88. The van der Waals surface area contributed by atoms with E-state index in [-0.39, 0.29) is 16.7 Å². The van der Waals surface area contributed by atoms with Crippen LogP contribution in [0, 0.1) is 6.92 Å². The number of aryl methyl sites for hydroxylation is 2. The van der Waals surface area contributed by atoms with Gasteiger partial charge >= 0.3 is 0 Å². The van der Waals surface area contributed by atoms with Crippen LogP contribution in [0.5, 0.6) is 0 Å². The third-order valence-corrected chi connectivity index (χ3v) is 5.83. The van der Waals surface area contributed by atoms with E-state index < -0.39 is 9.84 Å². The molecule has 0 bridgehead atoms. The minimum atomic E-state index is -3.39. The first kappa shape index (κ1) is 19.1. The summed E-state index contributed by atoms with van der Waals surface area (Å²) in [5, 5.41) is 2.83. The number of carbonyl (C=O) groups is 2. The van der Waals surface area contributed by atoms with Crippen LogP contribution in [0.4, 0.5) is 11.4 Å². The Morgan fingerprint density at radius 2 is 1.85 bits per heavy atom. The van der Waals surface area contributed by atoms with E-state index in [1.807, 2.05) is 12.1 Å². The molecule has 0 spiro atoms. The van der Waals surface area contributed by atoms with Gasteiger partial charge in [0.1, 0.15) is 0 Å². The molecule has 0 saturated carbocycles. The van der Waals surface area contributed by atoms with E-state index in [4.69, 9.17) is 0 Å². The van der Waals surface area contributed by atoms with Gasteiger partial charge in [-0.15, -0.1) is 0 Å². The Morgan fingerprint density at radius 3 is 2.52 bits per heavy atom. The molecule has 0 unspecified atom stereocenters. The van der Waals surface area contributed by atoms with Gasteiger partial charge in [0, 0.05) is 36.7 Å². The Kier molecular flexibility index (Phi) is 5.06. The van der Waals surface area contributed by atoms with E-state index in [1.54, 1.807) is 30.9 Å². The quantitative estimate of drug-likeness (QED) is 0.879. The molecule has 0 saturated heterocycles. The highest BCUT2D eigenvalue weighted by atomic mass is 32.2. The zero-order chi connectivity index (χ0) is 19.8. The summed E-state index contributed by atoms with van der Waals surface area (Å²) in [5.41, 5.74) is 3.52. The molecule has 142 valence electrons. The van der Waals surface area contributed by atoms with Crippen molar-refractivity contribution >= 4 is 33.0 Å². The Hall–Kier alpha value is -2.67. The minimum Gasteiger partial charge on any atom is -0.322 e. The van der Waals surface area contributed by atoms with Gasteiger partial charge in [-0.2, -0.15) is 0 Å². The maximum absolute atomic E-state index is 12.7. The molecule has 1 aliphatic rings. The monoisotopic (exact) mass is 386 g/mol. The lowest BCUT2D eigenvalue weighted by atomic mass is 10.0. The summed E-state index contributed by atoms with van der Waals surface area (Å²) in [5.74, 6) is -0.363. The van der Waals surface area contributed by atoms with Crippen molar-refractivity contribution in [3.8, 4) is 0 Å². The largest absolute Gasteiger partial charge is 0.322 e. The summed E-state index contributed by atoms with van der Waals surface area (Å²) in [6, 6.07) is 9.99. The highest BCUT2D eigenvalue weighted by Gasteiger charge is 2.21. The summed E-state index contributed by atoms with van der Waals surface area (Å²) < 4.78 is 23.5. The Labute approximate surface area is 159 Å². The predicted molar refractivity (Wildman–Crippen MR) is 105 cm³/mol. The number of anilines is 2. The second-order valence-corrected chi connectivity index (χ2v) is 8.84. The zero-order valence-electron chi connectivity index (χ0n) is 15.6. The summed E-state index contributed by atoms with van der Waals surface area (Å²) >= 11 is 0. The average Bonchev–Trinajstić information content (AvgIpc) is 2.60. The number of carbonyl (C=O) groups excluding carboxylic acids is 2. The molecule has 7 heteroatoms. The van der Waals surface area contributed by atoms with Gasteiger partial charge in [0.15, 0.2) is 9.84 Å². The van der Waals surface area contributed by atoms with E-state index in [9.17, 15) is 18.0 Å². The summed E-state index contributed by atoms with van der Waals surface area (Å²) in [6.45, 7) is 4.01. The van der Waals surface area contributed by atoms with Crippen LogP contribution in [0.15, 0.2) is 41.3 Å². The third kappa shape index (κ3) is 4.03. The topological polar surface area (TPSA) is 83.6 Å². The molecule has 2 aromatic rings. The predicted octanol–water partition coefficient (Wildman–Crippen LogP) is 2.95. The molecule has 3 rings (SSSR count). The molecule has 1 N–H and O–H groups in total. The number of amides is 2. The van der Waals surface area contributed by atoms with Gasteiger partial charge in [-0.25, -0.2) is 8.42 Å². The van der Waals surface area contributed by atoms with E-state index in [0.29, 0.717) is 23.4 Å². The standard InChI is InChI=1S/C20H22N2O4S/c1-13-6-8-17(27(3,25)26)12-18(13)20(24)21-16-7-9-19-15(11-16)5-4-10-22(19)14(2)23/h6-9,11-12H,4-5,10H2,1-3H3,(H,21,24). The van der Waals surface area contributed by atoms with Crippen molar-refractivity contribution in [2.45, 2.75) is 31.6 Å². The molecule has 0 aromatic heterocycles. The molecule has 0 aliphatic carbocycles. The van der Waals surface area contributed by atoms with Gasteiger partial charge in [-0.3, -0.25) is 9.59 Å². The van der Waals surface area contributed by atoms with Crippen LogP contribution in [0.1, 0.15) is 34.8 Å². The number of rotatable bonds is 3. The van der Waals surface area contributed by atoms with Crippen molar-refractivity contribution in [3.05, 3.63) is 53.1 Å². The van der Waals surface area contributed by atoms with Crippen LogP contribution in [-0.2, 0) is 21.1 Å².